The second-order valence-electron chi connectivity index (χ2n) is 4.48. The topological polar surface area (TPSA) is 37.8 Å². The summed E-state index contributed by atoms with van der Waals surface area (Å²) < 4.78 is 1.68. The number of pyridine rings is 1. The molecule has 0 atom stereocenters. The van der Waals surface area contributed by atoms with E-state index in [4.69, 9.17) is 0 Å². The summed E-state index contributed by atoms with van der Waals surface area (Å²) in [5.41, 5.74) is 2.79. The smallest absolute Gasteiger partial charge is 0.275 e. The number of hydrogen-bond acceptors (Lipinski definition) is 1. The lowest BCUT2D eigenvalue weighted by atomic mass is 10.1. The van der Waals surface area contributed by atoms with Gasteiger partial charge in [0.15, 0.2) is 0 Å². The number of aromatic nitrogens is 2. The van der Waals surface area contributed by atoms with E-state index < -0.39 is 0 Å². The largest absolute Gasteiger partial charge is 0.350 e. The average molecular weight is 238 g/mol. The van der Waals surface area contributed by atoms with E-state index in [-0.39, 0.29) is 5.56 Å². The van der Waals surface area contributed by atoms with Crippen molar-refractivity contribution in [2.45, 2.75) is 13.5 Å². The molecule has 3 rings (SSSR count). The Hall–Kier alpha value is -2.29. The number of aromatic amines is 1. The number of fused-ring (bicyclic) bond motifs is 3. The Bertz CT molecular complexity index is 808. The van der Waals surface area contributed by atoms with E-state index in [1.165, 1.54) is 0 Å². The minimum atomic E-state index is 0.00620. The zero-order valence-corrected chi connectivity index (χ0v) is 10.2. The highest BCUT2D eigenvalue weighted by Crippen LogP contribution is 2.25. The molecule has 0 amide bonds. The standard InChI is InChI=1S/C15H14N2O/c1-3-8-17-9-10(2)13-11-6-4-5-7-12(11)16-14(13)15(17)18/h3-7,9,16H,1,8H2,2H3. The van der Waals surface area contributed by atoms with Gasteiger partial charge >= 0.3 is 0 Å². The number of H-pyrrole nitrogens is 1. The van der Waals surface area contributed by atoms with Crippen LogP contribution in [0.4, 0.5) is 0 Å². The first kappa shape index (κ1) is 10.8. The molecule has 90 valence electrons. The third-order valence-electron chi connectivity index (χ3n) is 3.25. The molecule has 1 N–H and O–H groups in total. The Balaban J connectivity index is 2.51. The molecule has 0 saturated carbocycles. The van der Waals surface area contributed by atoms with Crippen LogP contribution in [0.5, 0.6) is 0 Å². The van der Waals surface area contributed by atoms with Crippen LogP contribution < -0.4 is 5.56 Å². The Labute approximate surface area is 104 Å². The zero-order chi connectivity index (χ0) is 12.7. The van der Waals surface area contributed by atoms with Gasteiger partial charge in [0.1, 0.15) is 5.52 Å². The second-order valence-corrected chi connectivity index (χ2v) is 4.48. The van der Waals surface area contributed by atoms with Gasteiger partial charge in [-0.25, -0.2) is 0 Å². The predicted molar refractivity (Wildman–Crippen MR) is 75.0 cm³/mol. The molecule has 0 spiro atoms. The second kappa shape index (κ2) is 3.88. The van der Waals surface area contributed by atoms with Crippen molar-refractivity contribution in [2.75, 3.05) is 0 Å². The van der Waals surface area contributed by atoms with Crippen molar-refractivity contribution < 1.29 is 0 Å². The fourth-order valence-electron chi connectivity index (χ4n) is 2.49. The van der Waals surface area contributed by atoms with Crippen LogP contribution >= 0.6 is 0 Å². The molecule has 0 aliphatic carbocycles. The quantitative estimate of drug-likeness (QED) is 0.685. The molecule has 3 heteroatoms. The van der Waals surface area contributed by atoms with Gasteiger partial charge in [0.2, 0.25) is 0 Å². The van der Waals surface area contributed by atoms with Crippen molar-refractivity contribution >= 4 is 21.8 Å². The highest BCUT2D eigenvalue weighted by Gasteiger charge is 2.11. The van der Waals surface area contributed by atoms with Crippen LogP contribution in [-0.2, 0) is 6.54 Å². The first-order valence-electron chi connectivity index (χ1n) is 5.93. The molecule has 0 fully saturated rings. The molecule has 0 aliphatic rings. The Morgan fingerprint density at radius 2 is 2.17 bits per heavy atom. The molecule has 0 bridgehead atoms. The molecule has 2 heterocycles. The van der Waals surface area contributed by atoms with Crippen LogP contribution in [-0.4, -0.2) is 9.55 Å². The van der Waals surface area contributed by atoms with Crippen LogP contribution in [0.3, 0.4) is 0 Å². The summed E-state index contributed by atoms with van der Waals surface area (Å²) in [6.45, 7) is 6.24. The minimum absolute atomic E-state index is 0.00620. The fourth-order valence-corrected chi connectivity index (χ4v) is 2.49. The van der Waals surface area contributed by atoms with Gasteiger partial charge in [0.05, 0.1) is 0 Å². The number of benzene rings is 1. The number of rotatable bonds is 2. The lowest BCUT2D eigenvalue weighted by Gasteiger charge is -2.05. The molecule has 0 unspecified atom stereocenters. The van der Waals surface area contributed by atoms with Gasteiger partial charge in [-0.2, -0.15) is 0 Å². The van der Waals surface area contributed by atoms with E-state index in [9.17, 15) is 4.79 Å². The average Bonchev–Trinajstić information content (AvgIpc) is 2.76. The SMILES string of the molecule is C=CCn1cc(C)c2c([nH]c3ccccc32)c1=O. The first-order valence-corrected chi connectivity index (χ1v) is 5.93. The molecule has 18 heavy (non-hydrogen) atoms. The monoisotopic (exact) mass is 238 g/mol. The summed E-state index contributed by atoms with van der Waals surface area (Å²) in [5.74, 6) is 0. The summed E-state index contributed by atoms with van der Waals surface area (Å²) in [6.07, 6.45) is 3.63. The van der Waals surface area contributed by atoms with Crippen LogP contribution in [0.1, 0.15) is 5.56 Å². The van der Waals surface area contributed by atoms with Gasteiger partial charge in [-0.1, -0.05) is 24.3 Å². The van der Waals surface area contributed by atoms with Crippen LogP contribution in [0.25, 0.3) is 21.8 Å². The molecule has 1 aromatic carbocycles. The number of para-hydroxylation sites is 1. The van der Waals surface area contributed by atoms with Gasteiger partial charge in [-0.15, -0.1) is 6.58 Å². The van der Waals surface area contributed by atoms with Crippen molar-refractivity contribution in [3.05, 3.63) is 59.0 Å². The summed E-state index contributed by atoms with van der Waals surface area (Å²) in [5, 5.41) is 2.13. The summed E-state index contributed by atoms with van der Waals surface area (Å²) in [6, 6.07) is 7.99. The molecular weight excluding hydrogens is 224 g/mol. The molecule has 0 radical (unpaired) electrons. The van der Waals surface area contributed by atoms with Crippen molar-refractivity contribution in [3.63, 3.8) is 0 Å². The molecule has 3 aromatic rings. The maximum atomic E-state index is 12.3. The van der Waals surface area contributed by atoms with E-state index in [0.717, 1.165) is 21.9 Å². The number of nitrogens with one attached hydrogen (secondary N) is 1. The summed E-state index contributed by atoms with van der Waals surface area (Å²) in [4.78, 5) is 15.5. The van der Waals surface area contributed by atoms with Crippen LogP contribution in [0.2, 0.25) is 0 Å². The van der Waals surface area contributed by atoms with Crippen molar-refractivity contribution in [1.29, 1.82) is 0 Å². The fraction of sp³-hybridized carbons (Fsp3) is 0.133. The number of allylic oxidation sites excluding steroid dienone is 1. The summed E-state index contributed by atoms with van der Waals surface area (Å²) in [7, 11) is 0. The number of aryl methyl sites for hydroxylation is 1. The lowest BCUT2D eigenvalue weighted by Crippen LogP contribution is -2.19. The maximum absolute atomic E-state index is 12.3. The Morgan fingerprint density at radius 1 is 1.39 bits per heavy atom. The normalized spacial score (nSPS) is 11.2. The van der Waals surface area contributed by atoms with Gasteiger partial charge in [0, 0.05) is 29.0 Å². The third kappa shape index (κ3) is 1.40. The van der Waals surface area contributed by atoms with Crippen LogP contribution in [0, 0.1) is 6.92 Å². The Kier molecular flexibility index (Phi) is 2.33. The van der Waals surface area contributed by atoms with Gasteiger partial charge in [-0.05, 0) is 18.6 Å². The highest BCUT2D eigenvalue weighted by molar-refractivity contribution is 6.08. The minimum Gasteiger partial charge on any atom is -0.350 e. The van der Waals surface area contributed by atoms with Crippen LogP contribution in [0.15, 0.2) is 47.9 Å². The molecular formula is C15H14N2O. The highest BCUT2D eigenvalue weighted by atomic mass is 16.1. The lowest BCUT2D eigenvalue weighted by molar-refractivity contribution is 0.783. The third-order valence-corrected chi connectivity index (χ3v) is 3.25. The zero-order valence-electron chi connectivity index (χ0n) is 10.2. The van der Waals surface area contributed by atoms with Gasteiger partial charge in [-0.3, -0.25) is 4.79 Å². The first-order chi connectivity index (χ1) is 8.72. The maximum Gasteiger partial charge on any atom is 0.275 e. The van der Waals surface area contributed by atoms with Gasteiger partial charge in [0.25, 0.3) is 5.56 Å². The molecule has 2 aromatic heterocycles. The van der Waals surface area contributed by atoms with Crippen molar-refractivity contribution in [3.8, 4) is 0 Å². The molecule has 0 saturated heterocycles. The van der Waals surface area contributed by atoms with E-state index >= 15 is 0 Å². The summed E-state index contributed by atoms with van der Waals surface area (Å²) >= 11 is 0. The van der Waals surface area contributed by atoms with E-state index in [0.29, 0.717) is 12.1 Å². The van der Waals surface area contributed by atoms with E-state index in [1.807, 2.05) is 37.4 Å². The molecule has 0 aliphatic heterocycles. The molecule has 3 nitrogen and oxygen atoms in total. The predicted octanol–water partition coefficient (Wildman–Crippen LogP) is 2.98. The van der Waals surface area contributed by atoms with E-state index in [1.54, 1.807) is 10.6 Å². The number of hydrogen-bond donors (Lipinski definition) is 1. The van der Waals surface area contributed by atoms with Crippen molar-refractivity contribution in [2.24, 2.45) is 0 Å². The van der Waals surface area contributed by atoms with E-state index in [2.05, 4.69) is 11.6 Å². The van der Waals surface area contributed by atoms with Crippen molar-refractivity contribution in [1.82, 2.24) is 9.55 Å². The Morgan fingerprint density at radius 3 is 2.94 bits per heavy atom. The number of nitrogens with zero attached hydrogens (tertiary/aromatic N) is 1. The van der Waals surface area contributed by atoms with Gasteiger partial charge < -0.3 is 9.55 Å².